The predicted molar refractivity (Wildman–Crippen MR) is 283 cm³/mol. The molecule has 0 unspecified atom stereocenters. The molecule has 4 nitrogen and oxygen atoms in total. The monoisotopic (exact) mass is 855 g/mol. The van der Waals surface area contributed by atoms with Crippen LogP contribution in [0.15, 0.2) is 152 Å². The number of aryl methyl sites for hydroxylation is 4. The zero-order chi connectivity index (χ0) is 45.6. The van der Waals surface area contributed by atoms with E-state index in [4.69, 9.17) is 4.74 Å². The first-order valence-corrected chi connectivity index (χ1v) is 23.6. The van der Waals surface area contributed by atoms with Crippen molar-refractivity contribution >= 4 is 97.4 Å². The van der Waals surface area contributed by atoms with Gasteiger partial charge in [-0.2, -0.15) is 0 Å². The van der Waals surface area contributed by atoms with Gasteiger partial charge in [0, 0.05) is 51.2 Å². The molecule has 66 heavy (non-hydrogen) atoms. The van der Waals surface area contributed by atoms with Gasteiger partial charge in [0.25, 0.3) is 13.4 Å². The Balaban J connectivity index is 1.23. The van der Waals surface area contributed by atoms with E-state index < -0.39 is 0 Å². The quantitative estimate of drug-likeness (QED) is 0.165. The maximum absolute atomic E-state index is 7.07. The molecule has 0 aliphatic carbocycles. The van der Waals surface area contributed by atoms with Crippen LogP contribution in [0.25, 0.3) is 0 Å². The minimum absolute atomic E-state index is 0.0336. The number of rotatable bonds is 3. The number of hydrogen-bond donors (Lipinski definition) is 0. The summed E-state index contributed by atoms with van der Waals surface area (Å²) in [4.78, 5) is 7.68. The second-order valence-electron chi connectivity index (χ2n) is 21.4. The fourth-order valence-electron chi connectivity index (χ4n) is 11.4. The van der Waals surface area contributed by atoms with Crippen molar-refractivity contribution in [1.82, 2.24) is 0 Å². The molecule has 0 fully saturated rings. The van der Waals surface area contributed by atoms with Gasteiger partial charge in [0.1, 0.15) is 11.5 Å². The molecule has 6 heteroatoms. The smallest absolute Gasteiger partial charge is 0.256 e. The van der Waals surface area contributed by atoms with Gasteiger partial charge in [0.05, 0.1) is 0 Å². The Morgan fingerprint density at radius 3 is 1.38 bits per heavy atom. The van der Waals surface area contributed by atoms with Crippen LogP contribution < -0.4 is 52.2 Å². The van der Waals surface area contributed by atoms with Crippen molar-refractivity contribution in [1.29, 1.82) is 0 Å². The minimum atomic E-state index is -0.119. The molecule has 4 aliphatic heterocycles. The van der Waals surface area contributed by atoms with Gasteiger partial charge in [-0.1, -0.05) is 114 Å². The Hall–Kier alpha value is -6.91. The van der Waals surface area contributed by atoms with Gasteiger partial charge in [-0.05, 0) is 184 Å². The highest BCUT2D eigenvalue weighted by Gasteiger charge is 2.48. The molecule has 0 radical (unpaired) electrons. The van der Waals surface area contributed by atoms with E-state index in [1.54, 1.807) is 0 Å². The van der Waals surface area contributed by atoms with Crippen LogP contribution in [-0.2, 0) is 10.8 Å². The van der Waals surface area contributed by atoms with Crippen molar-refractivity contribution in [3.8, 4) is 11.5 Å². The number of nitrogens with zero attached hydrogens (tertiary/aromatic N) is 3. The van der Waals surface area contributed by atoms with Crippen molar-refractivity contribution in [3.05, 3.63) is 185 Å². The zero-order valence-electron chi connectivity index (χ0n) is 39.8. The Morgan fingerprint density at radius 1 is 0.348 bits per heavy atom. The molecule has 322 valence electrons. The summed E-state index contributed by atoms with van der Waals surface area (Å²) in [6.45, 7) is 22.7. The minimum Gasteiger partial charge on any atom is -0.458 e. The second-order valence-corrected chi connectivity index (χ2v) is 21.4. The first-order valence-electron chi connectivity index (χ1n) is 23.6. The molecular weight excluding hydrogens is 800 g/mol. The van der Waals surface area contributed by atoms with E-state index in [1.807, 2.05) is 0 Å². The number of ether oxygens (including phenoxy) is 1. The van der Waals surface area contributed by atoms with E-state index in [9.17, 15) is 0 Å². The van der Waals surface area contributed by atoms with E-state index in [-0.39, 0.29) is 24.3 Å². The predicted octanol–water partition coefficient (Wildman–Crippen LogP) is 12.0. The molecule has 0 saturated carbocycles. The molecule has 12 rings (SSSR count). The fraction of sp³-hybridized carbons (Fsp3) is 0.200. The van der Waals surface area contributed by atoms with Gasteiger partial charge in [-0.3, -0.25) is 0 Å². The number of benzene rings is 8. The van der Waals surface area contributed by atoms with Gasteiger partial charge in [-0.15, -0.1) is 0 Å². The second kappa shape index (κ2) is 14.3. The molecular formula is C60H55B2N3O. The molecule has 8 aromatic carbocycles. The van der Waals surface area contributed by atoms with Crippen LogP contribution in [0.2, 0.25) is 0 Å². The van der Waals surface area contributed by atoms with E-state index in [1.165, 1.54) is 106 Å². The molecule has 0 amide bonds. The Kier molecular flexibility index (Phi) is 8.79. The van der Waals surface area contributed by atoms with E-state index in [0.717, 1.165) is 22.9 Å². The van der Waals surface area contributed by atoms with Crippen LogP contribution in [-0.4, -0.2) is 13.4 Å². The third kappa shape index (κ3) is 6.14. The summed E-state index contributed by atoms with van der Waals surface area (Å²) in [5.74, 6) is 1.89. The van der Waals surface area contributed by atoms with Crippen LogP contribution in [0, 0.1) is 27.7 Å². The first kappa shape index (κ1) is 40.6. The summed E-state index contributed by atoms with van der Waals surface area (Å²) < 4.78 is 7.07. The van der Waals surface area contributed by atoms with Crippen LogP contribution >= 0.6 is 0 Å². The lowest BCUT2D eigenvalue weighted by Gasteiger charge is -2.47. The van der Waals surface area contributed by atoms with Crippen LogP contribution in [0.3, 0.4) is 0 Å². The largest absolute Gasteiger partial charge is 0.458 e. The highest BCUT2D eigenvalue weighted by molar-refractivity contribution is 7.02. The topological polar surface area (TPSA) is 19.0 Å². The number of hydrogen-bond acceptors (Lipinski definition) is 4. The molecule has 0 atom stereocenters. The molecule has 8 aromatic rings. The molecule has 4 heterocycles. The Labute approximate surface area is 391 Å². The molecule has 4 aliphatic rings. The SMILES string of the molecule is Cc1cc(C)cc(N2c3cc(C)ccc3B3c4cc5c(cc4N(c4ccccc4)c4cc(C(C)(C)C)cc2c43)N(c2ccccc2)c2cc(C(C)(C)C)cc3c2B5c2ccc(C)cc2O3)c1. The third-order valence-electron chi connectivity index (χ3n) is 14.5. The van der Waals surface area contributed by atoms with E-state index in [2.05, 4.69) is 236 Å². The van der Waals surface area contributed by atoms with Gasteiger partial charge in [-0.25, -0.2) is 0 Å². The highest BCUT2D eigenvalue weighted by Crippen LogP contribution is 2.49. The average Bonchev–Trinajstić information content (AvgIpc) is 3.27. The van der Waals surface area contributed by atoms with Gasteiger partial charge < -0.3 is 19.4 Å². The maximum atomic E-state index is 7.07. The first-order chi connectivity index (χ1) is 31.6. The lowest BCUT2D eigenvalue weighted by Crippen LogP contribution is -2.64. The normalized spacial score (nSPS) is 14.2. The molecule has 0 spiro atoms. The Bertz CT molecular complexity index is 3310. The van der Waals surface area contributed by atoms with Gasteiger partial charge in [0.15, 0.2) is 0 Å². The van der Waals surface area contributed by atoms with Crippen molar-refractivity contribution in [3.63, 3.8) is 0 Å². The fourth-order valence-corrected chi connectivity index (χ4v) is 11.4. The van der Waals surface area contributed by atoms with Crippen molar-refractivity contribution in [2.24, 2.45) is 0 Å². The Morgan fingerprint density at radius 2 is 0.818 bits per heavy atom. The summed E-state index contributed by atoms with van der Waals surface area (Å²) >= 11 is 0. The zero-order valence-corrected chi connectivity index (χ0v) is 39.8. The molecule has 0 aromatic heterocycles. The lowest BCUT2D eigenvalue weighted by atomic mass is 9.30. The van der Waals surface area contributed by atoms with E-state index in [0.29, 0.717) is 0 Å². The third-order valence-corrected chi connectivity index (χ3v) is 14.5. The van der Waals surface area contributed by atoms with Gasteiger partial charge in [0.2, 0.25) is 0 Å². The van der Waals surface area contributed by atoms with Crippen LogP contribution in [0.1, 0.15) is 74.9 Å². The lowest BCUT2D eigenvalue weighted by molar-refractivity contribution is 0.483. The van der Waals surface area contributed by atoms with Crippen LogP contribution in [0.4, 0.5) is 51.2 Å². The van der Waals surface area contributed by atoms with Gasteiger partial charge >= 0.3 is 0 Å². The summed E-state index contributed by atoms with van der Waals surface area (Å²) in [5, 5.41) is 0. The molecule has 0 bridgehead atoms. The summed E-state index contributed by atoms with van der Waals surface area (Å²) in [5.41, 5.74) is 25.7. The summed E-state index contributed by atoms with van der Waals surface area (Å²) in [7, 11) is 0. The molecule has 0 N–H and O–H groups in total. The standard InChI is InChI=1S/C60H55B2N3O/c1-36-21-23-45-49(28-36)65(44-26-38(3)25-39(4)27-44)53-31-40(59(5,6)7)30-52-57(53)61(45)47-34-48-51(35-50(47)63(52)42-17-13-11-14-18-42)64(43-19-15-12-16-20-43)54-32-41(60(8,9)10)33-56-58(54)62(48)46-24-22-37(2)29-55(46)66-56/h11-35H,1-10H3. The number of anilines is 9. The van der Waals surface area contributed by atoms with Crippen molar-refractivity contribution in [2.75, 3.05) is 14.7 Å². The highest BCUT2D eigenvalue weighted by atomic mass is 16.5. The van der Waals surface area contributed by atoms with Crippen molar-refractivity contribution in [2.45, 2.75) is 80.1 Å². The summed E-state index contributed by atoms with van der Waals surface area (Å²) in [6.07, 6.45) is 0. The molecule has 0 saturated heterocycles. The average molecular weight is 856 g/mol. The van der Waals surface area contributed by atoms with Crippen molar-refractivity contribution < 1.29 is 4.74 Å². The maximum Gasteiger partial charge on any atom is 0.256 e. The number of para-hydroxylation sites is 2. The van der Waals surface area contributed by atoms with E-state index >= 15 is 0 Å². The summed E-state index contributed by atoms with van der Waals surface area (Å²) in [6, 6.07) is 57.9. The number of fused-ring (bicyclic) bond motifs is 8. The van der Waals surface area contributed by atoms with Crippen LogP contribution in [0.5, 0.6) is 11.5 Å².